The number of aromatic nitrogens is 2. The molecule has 0 spiro atoms. The quantitative estimate of drug-likeness (QED) is 0.408. The number of allylic oxidation sites excluding steroid dienone is 1. The summed E-state index contributed by atoms with van der Waals surface area (Å²) in [6.07, 6.45) is 1.73. The second-order valence-electron chi connectivity index (χ2n) is 5.42. The Morgan fingerprint density at radius 1 is 1.23 bits per heavy atom. The normalized spacial score (nSPS) is 12.2. The van der Waals surface area contributed by atoms with Gasteiger partial charge in [-0.1, -0.05) is 52.7 Å². The van der Waals surface area contributed by atoms with E-state index in [9.17, 15) is 4.79 Å². The van der Waals surface area contributed by atoms with E-state index in [0.29, 0.717) is 26.4 Å². The molecule has 4 rings (SSSR count). The zero-order valence-corrected chi connectivity index (χ0v) is 16.4. The van der Waals surface area contributed by atoms with E-state index < -0.39 is 0 Å². The van der Waals surface area contributed by atoms with Gasteiger partial charge in [0.05, 0.1) is 25.5 Å². The van der Waals surface area contributed by atoms with Gasteiger partial charge in [-0.25, -0.2) is 4.98 Å². The summed E-state index contributed by atoms with van der Waals surface area (Å²) < 4.78 is 3.67. The Morgan fingerprint density at radius 3 is 2.81 bits per heavy atom. The van der Waals surface area contributed by atoms with Crippen molar-refractivity contribution in [2.24, 2.45) is 4.99 Å². The maximum atomic E-state index is 12.7. The average molecular weight is 420 g/mol. The maximum Gasteiger partial charge on any atom is 0.308 e. The Morgan fingerprint density at radius 2 is 2.04 bits per heavy atom. The number of thiazole rings is 2. The molecule has 0 N–H and O–H groups in total. The van der Waals surface area contributed by atoms with Gasteiger partial charge in [0.25, 0.3) is 0 Å². The minimum absolute atomic E-state index is 0.359. The Kier molecular flexibility index (Phi) is 4.67. The van der Waals surface area contributed by atoms with Gasteiger partial charge in [-0.15, -0.1) is 17.9 Å². The van der Waals surface area contributed by atoms with Crippen molar-refractivity contribution in [1.82, 2.24) is 9.55 Å². The first kappa shape index (κ1) is 17.4. The van der Waals surface area contributed by atoms with Crippen LogP contribution in [0.15, 0.2) is 54.0 Å². The summed E-state index contributed by atoms with van der Waals surface area (Å²) in [5, 5.41) is 1.41. The van der Waals surface area contributed by atoms with Crippen LogP contribution in [0.5, 0.6) is 0 Å². The largest absolute Gasteiger partial charge is 0.311 e. The number of carbonyl (C=O) groups excluding carboxylic acids is 1. The highest BCUT2D eigenvalue weighted by molar-refractivity contribution is 7.20. The Hall–Kier alpha value is -1.99. The summed E-state index contributed by atoms with van der Waals surface area (Å²) in [7, 11) is 0. The fourth-order valence-electron chi connectivity index (χ4n) is 2.61. The Balaban J connectivity index is 1.89. The third-order valence-electron chi connectivity index (χ3n) is 3.68. The van der Waals surface area contributed by atoms with Crippen LogP contribution < -0.4 is 4.80 Å². The second-order valence-corrected chi connectivity index (χ2v) is 8.31. The fourth-order valence-corrected chi connectivity index (χ4v) is 5.28. The predicted molar refractivity (Wildman–Crippen MR) is 110 cm³/mol. The summed E-state index contributed by atoms with van der Waals surface area (Å²) in [6.45, 7) is 4.25. The molecule has 2 aromatic carbocycles. The highest BCUT2D eigenvalue weighted by atomic mass is 35.5. The lowest BCUT2D eigenvalue weighted by Crippen LogP contribution is -2.16. The molecule has 1 amide bonds. The molecule has 0 saturated carbocycles. The summed E-state index contributed by atoms with van der Waals surface area (Å²) in [4.78, 5) is 21.9. The van der Waals surface area contributed by atoms with E-state index >= 15 is 0 Å². The molecule has 0 atom stereocenters. The fraction of sp³-hybridized carbons (Fsp3) is 0.0556. The van der Waals surface area contributed by atoms with Crippen LogP contribution in [0.3, 0.4) is 0 Å². The van der Waals surface area contributed by atoms with Gasteiger partial charge in [0, 0.05) is 11.6 Å². The maximum absolute atomic E-state index is 12.7. The molecule has 0 aliphatic rings. The molecule has 0 radical (unpaired) electrons. The molecule has 4 aromatic rings. The van der Waals surface area contributed by atoms with Crippen molar-refractivity contribution in [3.8, 4) is 0 Å². The van der Waals surface area contributed by atoms with E-state index in [1.807, 2.05) is 34.9 Å². The monoisotopic (exact) mass is 419 g/mol. The minimum atomic E-state index is -0.377. The summed E-state index contributed by atoms with van der Waals surface area (Å²) in [5.74, 6) is -0.377. The smallest absolute Gasteiger partial charge is 0.308 e. The number of amides is 1. The van der Waals surface area contributed by atoms with E-state index in [2.05, 4.69) is 16.6 Å². The molecule has 26 heavy (non-hydrogen) atoms. The molecule has 0 fully saturated rings. The number of para-hydroxylation sites is 1. The number of nitrogens with zero attached hydrogens (tertiary/aromatic N) is 3. The van der Waals surface area contributed by atoms with Gasteiger partial charge < -0.3 is 4.57 Å². The number of rotatable bonds is 3. The average Bonchev–Trinajstić information content (AvgIpc) is 3.17. The lowest BCUT2D eigenvalue weighted by molar-refractivity contribution is 0.0997. The van der Waals surface area contributed by atoms with Gasteiger partial charge >= 0.3 is 5.91 Å². The summed E-state index contributed by atoms with van der Waals surface area (Å²) >= 11 is 15.1. The van der Waals surface area contributed by atoms with Crippen LogP contribution in [0.2, 0.25) is 10.0 Å². The van der Waals surface area contributed by atoms with Crippen molar-refractivity contribution < 1.29 is 4.79 Å². The molecular weight excluding hydrogens is 409 g/mol. The molecule has 4 nitrogen and oxygen atoms in total. The topological polar surface area (TPSA) is 47.2 Å². The lowest BCUT2D eigenvalue weighted by Gasteiger charge is -2.03. The van der Waals surface area contributed by atoms with Crippen molar-refractivity contribution in [2.45, 2.75) is 6.54 Å². The van der Waals surface area contributed by atoms with Crippen LogP contribution in [0.25, 0.3) is 20.4 Å². The van der Waals surface area contributed by atoms with Crippen LogP contribution in [-0.2, 0) is 6.54 Å². The molecule has 2 aromatic heterocycles. The van der Waals surface area contributed by atoms with Crippen molar-refractivity contribution in [2.75, 3.05) is 0 Å². The van der Waals surface area contributed by atoms with Crippen molar-refractivity contribution >= 4 is 72.2 Å². The zero-order chi connectivity index (χ0) is 18.3. The lowest BCUT2D eigenvalue weighted by atomic mass is 10.3. The molecule has 8 heteroatoms. The Labute approximate surface area is 166 Å². The molecule has 0 bridgehead atoms. The summed E-state index contributed by atoms with van der Waals surface area (Å²) in [6, 6.07) is 11.1. The van der Waals surface area contributed by atoms with Gasteiger partial charge in [0.15, 0.2) is 9.81 Å². The molecule has 0 saturated heterocycles. The molecule has 0 aliphatic carbocycles. The van der Waals surface area contributed by atoms with Crippen LogP contribution in [0.1, 0.15) is 9.80 Å². The van der Waals surface area contributed by atoms with Crippen molar-refractivity contribution in [1.29, 1.82) is 0 Å². The molecule has 0 aliphatic heterocycles. The SMILES string of the molecule is C=CCn1c(=NC(=O)c2nc3ccccc3s2)sc2cc(Cl)cc(Cl)c21. The van der Waals surface area contributed by atoms with E-state index in [1.165, 1.54) is 22.7 Å². The highest BCUT2D eigenvalue weighted by Crippen LogP contribution is 2.30. The number of hydrogen-bond acceptors (Lipinski definition) is 4. The van der Waals surface area contributed by atoms with Crippen LogP contribution in [0, 0.1) is 0 Å². The number of halogens is 2. The van der Waals surface area contributed by atoms with E-state index in [0.717, 1.165) is 20.4 Å². The number of carbonyl (C=O) groups is 1. The van der Waals surface area contributed by atoms with Gasteiger partial charge in [0.1, 0.15) is 0 Å². The Bertz CT molecular complexity index is 1200. The first-order valence-corrected chi connectivity index (χ1v) is 9.99. The van der Waals surface area contributed by atoms with E-state index in [4.69, 9.17) is 23.2 Å². The van der Waals surface area contributed by atoms with Gasteiger partial charge in [-0.2, -0.15) is 4.99 Å². The van der Waals surface area contributed by atoms with E-state index in [-0.39, 0.29) is 5.91 Å². The molecule has 130 valence electrons. The third kappa shape index (κ3) is 3.10. The zero-order valence-electron chi connectivity index (χ0n) is 13.3. The first-order valence-electron chi connectivity index (χ1n) is 7.61. The van der Waals surface area contributed by atoms with Crippen LogP contribution in [0.4, 0.5) is 0 Å². The number of hydrogen-bond donors (Lipinski definition) is 0. The molecule has 0 unspecified atom stereocenters. The predicted octanol–water partition coefficient (Wildman–Crippen LogP) is 5.55. The minimum Gasteiger partial charge on any atom is -0.311 e. The number of benzene rings is 2. The first-order chi connectivity index (χ1) is 12.6. The van der Waals surface area contributed by atoms with Gasteiger partial charge in [-0.05, 0) is 24.3 Å². The van der Waals surface area contributed by atoms with E-state index in [1.54, 1.807) is 12.1 Å². The van der Waals surface area contributed by atoms with Crippen molar-refractivity contribution in [3.63, 3.8) is 0 Å². The van der Waals surface area contributed by atoms with Crippen LogP contribution >= 0.6 is 45.9 Å². The molecular formula is C18H11Cl2N3OS2. The third-order valence-corrected chi connectivity index (χ3v) is 6.24. The standard InChI is InChI=1S/C18H11Cl2N3OS2/c1-2-7-23-15-11(20)8-10(19)9-14(15)26-18(23)22-16(24)17-21-12-5-3-4-6-13(12)25-17/h2-6,8-9H,1,7H2. The second kappa shape index (κ2) is 6.96. The van der Waals surface area contributed by atoms with Crippen LogP contribution in [-0.4, -0.2) is 15.5 Å². The van der Waals surface area contributed by atoms with Gasteiger partial charge in [0.2, 0.25) is 0 Å². The van der Waals surface area contributed by atoms with Crippen molar-refractivity contribution in [3.05, 3.63) is 68.9 Å². The molecule has 2 heterocycles. The number of fused-ring (bicyclic) bond motifs is 2. The van der Waals surface area contributed by atoms with Gasteiger partial charge in [-0.3, -0.25) is 4.79 Å². The summed E-state index contributed by atoms with van der Waals surface area (Å²) in [5.41, 5.74) is 1.58. The highest BCUT2D eigenvalue weighted by Gasteiger charge is 2.14.